The van der Waals surface area contributed by atoms with Crippen LogP contribution < -0.4 is 14.8 Å². The van der Waals surface area contributed by atoms with Gasteiger partial charge >= 0.3 is 0 Å². The molecule has 1 N–H and O–H groups in total. The van der Waals surface area contributed by atoms with E-state index in [0.29, 0.717) is 57.4 Å². The van der Waals surface area contributed by atoms with E-state index in [0.717, 1.165) is 25.9 Å². The Morgan fingerprint density at radius 1 is 1.22 bits per heavy atom. The quantitative estimate of drug-likeness (QED) is 0.444. The molecule has 0 bridgehead atoms. The minimum Gasteiger partial charge on any atom is -0.493 e. The zero-order chi connectivity index (χ0) is 22.5. The smallest absolute Gasteiger partial charge is 0.163 e. The highest BCUT2D eigenvalue weighted by Gasteiger charge is 2.21. The van der Waals surface area contributed by atoms with Gasteiger partial charge in [0.2, 0.25) is 0 Å². The molecule has 170 valence electrons. The summed E-state index contributed by atoms with van der Waals surface area (Å²) in [5.74, 6) is 1.53. The minimum absolute atomic E-state index is 0.308. The number of ether oxygens (including phenoxy) is 2. The van der Waals surface area contributed by atoms with Crippen LogP contribution in [0.25, 0.3) is 10.9 Å². The van der Waals surface area contributed by atoms with Gasteiger partial charge in [0.1, 0.15) is 24.6 Å². The van der Waals surface area contributed by atoms with E-state index in [-0.39, 0.29) is 6.67 Å². The summed E-state index contributed by atoms with van der Waals surface area (Å²) in [7, 11) is 1.57. The molecule has 0 spiro atoms. The van der Waals surface area contributed by atoms with Crippen molar-refractivity contribution in [3.05, 3.63) is 46.9 Å². The van der Waals surface area contributed by atoms with Crippen molar-refractivity contribution in [3.8, 4) is 11.5 Å². The zero-order valence-electron chi connectivity index (χ0n) is 17.8. The van der Waals surface area contributed by atoms with Crippen LogP contribution in [0.5, 0.6) is 11.5 Å². The molecule has 4 rings (SSSR count). The van der Waals surface area contributed by atoms with Gasteiger partial charge in [-0.05, 0) is 43.7 Å². The Morgan fingerprint density at radius 3 is 2.88 bits per heavy atom. The van der Waals surface area contributed by atoms with Crippen molar-refractivity contribution in [3.63, 3.8) is 0 Å². The lowest BCUT2D eigenvalue weighted by Gasteiger charge is -2.31. The van der Waals surface area contributed by atoms with Crippen LogP contribution in [0, 0.1) is 11.7 Å². The fourth-order valence-corrected chi connectivity index (χ4v) is 4.31. The molecule has 9 heteroatoms. The lowest BCUT2D eigenvalue weighted by molar-refractivity contribution is 0.123. The predicted octanol–water partition coefficient (Wildman–Crippen LogP) is 5.34. The molecule has 2 aromatic carbocycles. The molecule has 0 aliphatic carbocycles. The predicted molar refractivity (Wildman–Crippen MR) is 124 cm³/mol. The number of anilines is 2. The fourth-order valence-electron chi connectivity index (χ4n) is 3.97. The Morgan fingerprint density at radius 2 is 2.09 bits per heavy atom. The highest BCUT2D eigenvalue weighted by atomic mass is 79.9. The number of methoxy groups -OCH3 is 1. The first kappa shape index (κ1) is 22.7. The number of fused-ring (bicyclic) bond motifs is 1. The lowest BCUT2D eigenvalue weighted by atomic mass is 9.99. The maximum absolute atomic E-state index is 14.3. The number of hydrogen-bond acceptors (Lipinski definition) is 6. The van der Waals surface area contributed by atoms with Gasteiger partial charge in [0.15, 0.2) is 11.5 Å². The van der Waals surface area contributed by atoms with Crippen LogP contribution in [0.3, 0.4) is 0 Å². The summed E-state index contributed by atoms with van der Waals surface area (Å²) < 4.78 is 39.3. The summed E-state index contributed by atoms with van der Waals surface area (Å²) in [5, 5.41) is 3.72. The number of piperidine rings is 1. The molecule has 3 aromatic rings. The summed E-state index contributed by atoms with van der Waals surface area (Å²) in [6, 6.07) is 8.37. The van der Waals surface area contributed by atoms with Crippen LogP contribution in [-0.4, -0.2) is 54.9 Å². The first-order valence-corrected chi connectivity index (χ1v) is 11.3. The van der Waals surface area contributed by atoms with E-state index in [1.807, 2.05) is 0 Å². The third kappa shape index (κ3) is 5.27. The molecular formula is C23H25BrF2N4O2. The summed E-state index contributed by atoms with van der Waals surface area (Å²) in [6.45, 7) is 2.43. The largest absolute Gasteiger partial charge is 0.493 e. The van der Waals surface area contributed by atoms with Gasteiger partial charge in [-0.25, -0.2) is 18.7 Å². The number of rotatable bonds is 8. The normalized spacial score (nSPS) is 16.8. The van der Waals surface area contributed by atoms with Crippen molar-refractivity contribution in [1.82, 2.24) is 14.9 Å². The molecule has 0 saturated carbocycles. The number of hydrogen-bond donors (Lipinski definition) is 1. The standard InChI is InChI=1S/C23H25BrF2N4O2/c1-31-21-10-17-20(11-22(21)32-13-15-3-2-7-30(12-15)8-6-25)27-14-28-23(17)29-19-5-4-16(24)9-18(19)26/h4-5,9-11,14-15H,2-3,6-8,12-13H2,1H3,(H,27,28,29)/t15-/m1/s1. The molecule has 0 amide bonds. The van der Waals surface area contributed by atoms with Crippen LogP contribution in [0.15, 0.2) is 41.1 Å². The van der Waals surface area contributed by atoms with Crippen molar-refractivity contribution in [2.24, 2.45) is 5.92 Å². The minimum atomic E-state index is -0.396. The maximum Gasteiger partial charge on any atom is 0.163 e. The molecule has 0 unspecified atom stereocenters. The summed E-state index contributed by atoms with van der Waals surface area (Å²) in [6.07, 6.45) is 3.51. The van der Waals surface area contributed by atoms with E-state index < -0.39 is 5.82 Å². The average molecular weight is 507 g/mol. The molecule has 0 radical (unpaired) electrons. The first-order valence-electron chi connectivity index (χ1n) is 10.5. The number of nitrogens with zero attached hydrogens (tertiary/aromatic N) is 3. The van der Waals surface area contributed by atoms with E-state index in [9.17, 15) is 8.78 Å². The lowest BCUT2D eigenvalue weighted by Crippen LogP contribution is -2.38. The topological polar surface area (TPSA) is 59.5 Å². The average Bonchev–Trinajstić information content (AvgIpc) is 2.79. The van der Waals surface area contributed by atoms with Gasteiger partial charge in [0.05, 0.1) is 24.9 Å². The van der Waals surface area contributed by atoms with Crippen molar-refractivity contribution < 1.29 is 18.3 Å². The highest BCUT2D eigenvalue weighted by molar-refractivity contribution is 9.10. The Kier molecular flexibility index (Phi) is 7.36. The van der Waals surface area contributed by atoms with Gasteiger partial charge in [-0.15, -0.1) is 0 Å². The molecule has 1 aromatic heterocycles. The second kappa shape index (κ2) is 10.4. The molecule has 1 atom stereocenters. The SMILES string of the molecule is COc1cc2c(Nc3ccc(Br)cc3F)ncnc2cc1OC[C@@H]1CCCN(CCF)C1. The number of halogens is 3. The monoisotopic (exact) mass is 506 g/mol. The summed E-state index contributed by atoms with van der Waals surface area (Å²) >= 11 is 3.26. The van der Waals surface area contributed by atoms with Crippen LogP contribution in [0.2, 0.25) is 0 Å². The van der Waals surface area contributed by atoms with E-state index in [1.54, 1.807) is 31.4 Å². The number of aromatic nitrogens is 2. The van der Waals surface area contributed by atoms with Crippen molar-refractivity contribution >= 4 is 38.3 Å². The first-order chi connectivity index (χ1) is 15.6. The van der Waals surface area contributed by atoms with E-state index >= 15 is 0 Å². The second-order valence-corrected chi connectivity index (χ2v) is 8.72. The van der Waals surface area contributed by atoms with Gasteiger partial charge in [-0.1, -0.05) is 15.9 Å². The Labute approximate surface area is 194 Å². The Hall–Kier alpha value is -2.52. The molecule has 32 heavy (non-hydrogen) atoms. The van der Waals surface area contributed by atoms with Crippen LogP contribution >= 0.6 is 15.9 Å². The third-order valence-corrected chi connectivity index (χ3v) is 6.08. The van der Waals surface area contributed by atoms with Gasteiger partial charge in [0.25, 0.3) is 0 Å². The van der Waals surface area contributed by atoms with Crippen LogP contribution in [0.4, 0.5) is 20.3 Å². The van der Waals surface area contributed by atoms with Gasteiger partial charge in [0, 0.05) is 34.9 Å². The molecule has 1 saturated heterocycles. The van der Waals surface area contributed by atoms with Crippen molar-refractivity contribution in [2.45, 2.75) is 12.8 Å². The van der Waals surface area contributed by atoms with Crippen molar-refractivity contribution in [2.75, 3.05) is 45.3 Å². The number of likely N-dealkylation sites (tertiary alicyclic amines) is 1. The highest BCUT2D eigenvalue weighted by Crippen LogP contribution is 2.35. The maximum atomic E-state index is 14.3. The van der Waals surface area contributed by atoms with E-state index in [2.05, 4.69) is 36.1 Å². The van der Waals surface area contributed by atoms with Gasteiger partial charge in [-0.3, -0.25) is 0 Å². The number of nitrogens with one attached hydrogen (secondary N) is 1. The van der Waals surface area contributed by atoms with Gasteiger partial charge < -0.3 is 19.7 Å². The van der Waals surface area contributed by atoms with E-state index in [4.69, 9.17) is 9.47 Å². The Bertz CT molecular complexity index is 1080. The van der Waals surface area contributed by atoms with Crippen LogP contribution in [0.1, 0.15) is 12.8 Å². The molecule has 1 aliphatic heterocycles. The molecular weight excluding hydrogens is 482 g/mol. The van der Waals surface area contributed by atoms with E-state index in [1.165, 1.54) is 12.4 Å². The Balaban J connectivity index is 1.55. The van der Waals surface area contributed by atoms with Crippen LogP contribution in [-0.2, 0) is 0 Å². The second-order valence-electron chi connectivity index (χ2n) is 7.80. The fraction of sp³-hybridized carbons (Fsp3) is 0.391. The third-order valence-electron chi connectivity index (χ3n) is 5.58. The van der Waals surface area contributed by atoms with Crippen molar-refractivity contribution in [1.29, 1.82) is 0 Å². The van der Waals surface area contributed by atoms with Gasteiger partial charge in [-0.2, -0.15) is 0 Å². The molecule has 1 aliphatic rings. The molecule has 1 fully saturated rings. The number of alkyl halides is 1. The molecule has 2 heterocycles. The summed E-state index contributed by atoms with van der Waals surface area (Å²) in [4.78, 5) is 10.8. The summed E-state index contributed by atoms with van der Waals surface area (Å²) in [5.41, 5.74) is 0.959. The molecule has 6 nitrogen and oxygen atoms in total. The zero-order valence-corrected chi connectivity index (χ0v) is 19.4. The number of benzene rings is 2.